The zero-order valence-electron chi connectivity index (χ0n) is 14.8. The molecule has 1 saturated heterocycles. The van der Waals surface area contributed by atoms with Crippen LogP contribution in [-0.2, 0) is 9.59 Å². The van der Waals surface area contributed by atoms with Crippen LogP contribution in [0.2, 0.25) is 5.02 Å². The van der Waals surface area contributed by atoms with Gasteiger partial charge in [0.2, 0.25) is 11.8 Å². The van der Waals surface area contributed by atoms with Crippen LogP contribution in [-0.4, -0.2) is 36.3 Å². The van der Waals surface area contributed by atoms with Gasteiger partial charge < -0.3 is 10.6 Å². The van der Waals surface area contributed by atoms with E-state index in [2.05, 4.69) is 10.6 Å². The zero-order valence-corrected chi connectivity index (χ0v) is 15.5. The van der Waals surface area contributed by atoms with Crippen molar-refractivity contribution in [3.05, 3.63) is 59.4 Å². The van der Waals surface area contributed by atoms with Crippen molar-refractivity contribution in [3.8, 4) is 0 Å². The van der Waals surface area contributed by atoms with Crippen LogP contribution in [0.1, 0.15) is 12.8 Å². The Morgan fingerprint density at radius 3 is 2.41 bits per heavy atom. The molecule has 1 fully saturated rings. The van der Waals surface area contributed by atoms with Crippen LogP contribution in [0, 0.1) is 11.7 Å². The number of nitrogens with zero attached hydrogens (tertiary/aromatic N) is 1. The Balaban J connectivity index is 1.44. The molecule has 142 valence electrons. The average molecular weight is 390 g/mol. The van der Waals surface area contributed by atoms with Gasteiger partial charge in [-0.05, 0) is 56.3 Å². The molecule has 0 aliphatic carbocycles. The van der Waals surface area contributed by atoms with Gasteiger partial charge in [0, 0.05) is 17.3 Å². The van der Waals surface area contributed by atoms with Crippen LogP contribution in [0.25, 0.3) is 0 Å². The Morgan fingerprint density at radius 2 is 1.74 bits per heavy atom. The van der Waals surface area contributed by atoms with Crippen molar-refractivity contribution in [2.75, 3.05) is 30.3 Å². The standard InChI is InChI=1S/C20H21ClFN3O2/c21-17-12-16(6-7-18(17)22)23-19(26)13-25-10-8-14(9-11-25)20(27)24-15-4-2-1-3-5-15/h1-7,12,14H,8-11,13H2,(H,23,26)(H,24,27). The monoisotopic (exact) mass is 389 g/mol. The van der Waals surface area contributed by atoms with Crippen LogP contribution in [0.4, 0.5) is 15.8 Å². The lowest BCUT2D eigenvalue weighted by Crippen LogP contribution is -2.41. The molecule has 5 nitrogen and oxygen atoms in total. The first kappa shape index (κ1) is 19.3. The Kier molecular flexibility index (Phi) is 6.42. The van der Waals surface area contributed by atoms with Gasteiger partial charge in [-0.1, -0.05) is 29.8 Å². The minimum absolute atomic E-state index is 0.0197. The van der Waals surface area contributed by atoms with E-state index in [4.69, 9.17) is 11.6 Å². The lowest BCUT2D eigenvalue weighted by molar-refractivity contribution is -0.121. The van der Waals surface area contributed by atoms with Crippen molar-refractivity contribution in [1.29, 1.82) is 0 Å². The van der Waals surface area contributed by atoms with Crippen molar-refractivity contribution >= 4 is 34.8 Å². The Morgan fingerprint density at radius 1 is 1.04 bits per heavy atom. The molecule has 27 heavy (non-hydrogen) atoms. The maximum absolute atomic E-state index is 13.2. The Hall–Kier alpha value is -2.44. The minimum Gasteiger partial charge on any atom is -0.326 e. The third-order valence-electron chi connectivity index (χ3n) is 4.57. The number of hydrogen-bond acceptors (Lipinski definition) is 3. The number of anilines is 2. The number of likely N-dealkylation sites (tertiary alicyclic amines) is 1. The molecule has 0 unspecified atom stereocenters. The number of carbonyl (C=O) groups excluding carboxylic acids is 2. The molecule has 0 saturated carbocycles. The molecule has 1 aliphatic rings. The van der Waals surface area contributed by atoms with Gasteiger partial charge in [0.15, 0.2) is 0 Å². The minimum atomic E-state index is -0.523. The van der Waals surface area contributed by atoms with E-state index in [1.54, 1.807) is 0 Å². The highest BCUT2D eigenvalue weighted by molar-refractivity contribution is 6.31. The van der Waals surface area contributed by atoms with E-state index >= 15 is 0 Å². The van der Waals surface area contributed by atoms with E-state index in [9.17, 15) is 14.0 Å². The topological polar surface area (TPSA) is 61.4 Å². The zero-order chi connectivity index (χ0) is 19.2. The second kappa shape index (κ2) is 8.97. The summed E-state index contributed by atoms with van der Waals surface area (Å²) in [5.41, 5.74) is 1.26. The number of nitrogens with one attached hydrogen (secondary N) is 2. The number of carbonyl (C=O) groups is 2. The van der Waals surface area contributed by atoms with Crippen LogP contribution in [0.5, 0.6) is 0 Å². The van der Waals surface area contributed by atoms with E-state index in [0.29, 0.717) is 31.6 Å². The van der Waals surface area contributed by atoms with Crippen molar-refractivity contribution in [3.63, 3.8) is 0 Å². The normalized spacial score (nSPS) is 15.3. The van der Waals surface area contributed by atoms with Crippen LogP contribution >= 0.6 is 11.6 Å². The summed E-state index contributed by atoms with van der Waals surface area (Å²) in [7, 11) is 0. The highest BCUT2D eigenvalue weighted by Gasteiger charge is 2.26. The summed E-state index contributed by atoms with van der Waals surface area (Å²) < 4.78 is 13.2. The SMILES string of the molecule is O=C(CN1CCC(C(=O)Nc2ccccc2)CC1)Nc1ccc(F)c(Cl)c1. The fourth-order valence-electron chi connectivity index (χ4n) is 3.10. The lowest BCUT2D eigenvalue weighted by atomic mass is 9.96. The van der Waals surface area contributed by atoms with Crippen molar-refractivity contribution in [2.45, 2.75) is 12.8 Å². The highest BCUT2D eigenvalue weighted by atomic mass is 35.5. The molecule has 0 aromatic heterocycles. The fourth-order valence-corrected chi connectivity index (χ4v) is 3.28. The Bertz CT molecular complexity index is 808. The summed E-state index contributed by atoms with van der Waals surface area (Å²) in [6, 6.07) is 13.5. The van der Waals surface area contributed by atoms with E-state index < -0.39 is 5.82 Å². The summed E-state index contributed by atoms with van der Waals surface area (Å²) in [4.78, 5) is 26.5. The van der Waals surface area contributed by atoms with Crippen LogP contribution < -0.4 is 10.6 Å². The molecule has 1 aliphatic heterocycles. The quantitative estimate of drug-likeness (QED) is 0.818. The van der Waals surface area contributed by atoms with Gasteiger partial charge >= 0.3 is 0 Å². The molecule has 0 atom stereocenters. The molecule has 1 heterocycles. The van der Waals surface area contributed by atoms with Gasteiger partial charge in [0.25, 0.3) is 0 Å². The molecular formula is C20H21ClFN3O2. The Labute approximate surface area is 162 Å². The first-order chi connectivity index (χ1) is 13.0. The van der Waals surface area contributed by atoms with Crippen molar-refractivity contribution in [2.24, 2.45) is 5.92 Å². The smallest absolute Gasteiger partial charge is 0.238 e. The van der Waals surface area contributed by atoms with Gasteiger partial charge in [-0.15, -0.1) is 0 Å². The van der Waals surface area contributed by atoms with Crippen LogP contribution in [0.3, 0.4) is 0 Å². The molecule has 0 bridgehead atoms. The molecule has 3 rings (SSSR count). The number of amides is 2. The van der Waals surface area contributed by atoms with E-state index in [1.807, 2.05) is 35.2 Å². The molecule has 2 amide bonds. The summed E-state index contributed by atoms with van der Waals surface area (Å²) in [5.74, 6) is -0.748. The lowest BCUT2D eigenvalue weighted by Gasteiger charge is -2.30. The van der Waals surface area contributed by atoms with E-state index in [1.165, 1.54) is 18.2 Å². The van der Waals surface area contributed by atoms with Gasteiger partial charge in [-0.3, -0.25) is 14.5 Å². The third-order valence-corrected chi connectivity index (χ3v) is 4.86. The molecule has 2 N–H and O–H groups in total. The van der Waals surface area contributed by atoms with Crippen molar-refractivity contribution in [1.82, 2.24) is 4.90 Å². The maximum atomic E-state index is 13.2. The number of halogens is 2. The molecule has 2 aromatic rings. The summed E-state index contributed by atoms with van der Waals surface area (Å²) in [5, 5.41) is 5.61. The number of rotatable bonds is 5. The number of piperidine rings is 1. The summed E-state index contributed by atoms with van der Waals surface area (Å²) in [6.07, 6.45) is 1.41. The highest BCUT2D eigenvalue weighted by Crippen LogP contribution is 2.21. The largest absolute Gasteiger partial charge is 0.326 e. The van der Waals surface area contributed by atoms with Crippen LogP contribution in [0.15, 0.2) is 48.5 Å². The molecule has 7 heteroatoms. The summed E-state index contributed by atoms with van der Waals surface area (Å²) >= 11 is 5.72. The predicted molar refractivity (Wildman–Crippen MR) is 104 cm³/mol. The third kappa shape index (κ3) is 5.52. The van der Waals surface area contributed by atoms with E-state index in [0.717, 1.165) is 5.69 Å². The first-order valence-electron chi connectivity index (χ1n) is 8.84. The molecular weight excluding hydrogens is 369 g/mol. The molecule has 2 aromatic carbocycles. The second-order valence-electron chi connectivity index (χ2n) is 6.58. The van der Waals surface area contributed by atoms with Gasteiger partial charge in [-0.25, -0.2) is 4.39 Å². The summed E-state index contributed by atoms with van der Waals surface area (Å²) in [6.45, 7) is 1.57. The predicted octanol–water partition coefficient (Wildman–Crippen LogP) is 3.77. The van der Waals surface area contributed by atoms with Gasteiger partial charge in [0.05, 0.1) is 11.6 Å². The first-order valence-corrected chi connectivity index (χ1v) is 9.22. The number of benzene rings is 2. The van der Waals surface area contributed by atoms with E-state index in [-0.39, 0.29) is 29.3 Å². The average Bonchev–Trinajstić information content (AvgIpc) is 2.66. The fraction of sp³-hybridized carbons (Fsp3) is 0.300. The van der Waals surface area contributed by atoms with Gasteiger partial charge in [-0.2, -0.15) is 0 Å². The van der Waals surface area contributed by atoms with Crippen molar-refractivity contribution < 1.29 is 14.0 Å². The van der Waals surface area contributed by atoms with Gasteiger partial charge in [0.1, 0.15) is 5.82 Å². The molecule has 0 radical (unpaired) electrons. The number of para-hydroxylation sites is 1. The second-order valence-corrected chi connectivity index (χ2v) is 6.99. The number of hydrogen-bond donors (Lipinski definition) is 2. The maximum Gasteiger partial charge on any atom is 0.238 e. The molecule has 0 spiro atoms.